The molecular formula is C13H20BrNO3. The number of carbonyl (C=O) groups is 2. The fourth-order valence-corrected chi connectivity index (χ4v) is 3.42. The average molecular weight is 318 g/mol. The molecule has 0 bridgehead atoms. The Morgan fingerprint density at radius 3 is 2.33 bits per heavy atom. The minimum atomic E-state index is -0.00873. The largest absolute Gasteiger partial charge is 0.381 e. The molecule has 0 unspecified atom stereocenters. The predicted octanol–water partition coefficient (Wildman–Crippen LogP) is 1.96. The Labute approximate surface area is 116 Å². The highest BCUT2D eigenvalue weighted by atomic mass is 79.9. The van der Waals surface area contributed by atoms with Gasteiger partial charge in [-0.2, -0.15) is 0 Å². The zero-order chi connectivity index (χ0) is 13.2. The van der Waals surface area contributed by atoms with Gasteiger partial charge in [-0.25, -0.2) is 0 Å². The topological polar surface area (TPSA) is 46.6 Å². The van der Waals surface area contributed by atoms with Crippen LogP contribution in [0.25, 0.3) is 0 Å². The first-order chi connectivity index (χ1) is 8.56. The maximum atomic E-state index is 12.0. The molecule has 102 valence electrons. The molecular weight excluding hydrogens is 298 g/mol. The first-order valence-corrected chi connectivity index (χ1v) is 7.65. The van der Waals surface area contributed by atoms with Gasteiger partial charge in [-0.15, -0.1) is 0 Å². The van der Waals surface area contributed by atoms with Crippen LogP contribution < -0.4 is 0 Å². The van der Waals surface area contributed by atoms with Crippen LogP contribution in [0.15, 0.2) is 0 Å². The van der Waals surface area contributed by atoms with E-state index in [1.165, 1.54) is 4.90 Å². The molecule has 2 aliphatic rings. The Kier molecular flexibility index (Phi) is 4.43. The van der Waals surface area contributed by atoms with Gasteiger partial charge in [0, 0.05) is 43.3 Å². The molecule has 2 saturated heterocycles. The summed E-state index contributed by atoms with van der Waals surface area (Å²) in [6.07, 6.45) is 2.82. The number of carbonyl (C=O) groups excluding carboxylic acids is 2. The van der Waals surface area contributed by atoms with E-state index in [1.54, 1.807) is 0 Å². The first-order valence-electron chi connectivity index (χ1n) is 6.53. The van der Waals surface area contributed by atoms with Crippen molar-refractivity contribution in [2.75, 3.05) is 25.1 Å². The first kappa shape index (κ1) is 14.0. The smallest absolute Gasteiger partial charge is 0.229 e. The minimum Gasteiger partial charge on any atom is -0.381 e. The maximum Gasteiger partial charge on any atom is 0.229 e. The van der Waals surface area contributed by atoms with Gasteiger partial charge >= 0.3 is 0 Å². The van der Waals surface area contributed by atoms with Gasteiger partial charge in [0.15, 0.2) is 0 Å². The molecule has 5 heteroatoms. The predicted molar refractivity (Wildman–Crippen MR) is 71.4 cm³/mol. The summed E-state index contributed by atoms with van der Waals surface area (Å²) in [5.74, 6) is 0.173. The van der Waals surface area contributed by atoms with Crippen molar-refractivity contribution in [3.63, 3.8) is 0 Å². The van der Waals surface area contributed by atoms with E-state index in [0.29, 0.717) is 19.4 Å². The Hall–Kier alpha value is -0.420. The third kappa shape index (κ3) is 2.94. The lowest BCUT2D eigenvalue weighted by atomic mass is 9.81. The van der Waals surface area contributed by atoms with Crippen molar-refractivity contribution in [1.82, 2.24) is 4.90 Å². The quantitative estimate of drug-likeness (QED) is 0.590. The molecule has 0 spiro atoms. The van der Waals surface area contributed by atoms with E-state index in [4.69, 9.17) is 4.74 Å². The molecule has 0 radical (unpaired) electrons. The number of ether oxygens (including phenoxy) is 1. The number of likely N-dealkylation sites (tertiary alicyclic amines) is 1. The van der Waals surface area contributed by atoms with Crippen LogP contribution in [0.1, 0.15) is 32.6 Å². The zero-order valence-electron chi connectivity index (χ0n) is 10.8. The third-order valence-electron chi connectivity index (χ3n) is 3.98. The normalized spacial score (nSPS) is 25.6. The van der Waals surface area contributed by atoms with Crippen LogP contribution in [-0.2, 0) is 14.3 Å². The summed E-state index contributed by atoms with van der Waals surface area (Å²) in [5.41, 5.74) is 0.00412. The molecule has 18 heavy (non-hydrogen) atoms. The summed E-state index contributed by atoms with van der Waals surface area (Å²) in [6, 6.07) is 0. The highest BCUT2D eigenvalue weighted by molar-refractivity contribution is 9.09. The number of alkyl halides is 1. The molecule has 0 aromatic rings. The fraction of sp³-hybridized carbons (Fsp3) is 0.846. The zero-order valence-corrected chi connectivity index (χ0v) is 12.4. The number of halogens is 1. The van der Waals surface area contributed by atoms with Crippen molar-refractivity contribution >= 4 is 27.7 Å². The van der Waals surface area contributed by atoms with Gasteiger partial charge in [-0.3, -0.25) is 14.5 Å². The van der Waals surface area contributed by atoms with E-state index in [2.05, 4.69) is 15.9 Å². The van der Waals surface area contributed by atoms with Gasteiger partial charge in [-0.05, 0) is 18.8 Å². The highest BCUT2D eigenvalue weighted by Crippen LogP contribution is 2.35. The number of hydrogen-bond donors (Lipinski definition) is 0. The fourth-order valence-electron chi connectivity index (χ4n) is 2.68. The molecule has 2 amide bonds. The van der Waals surface area contributed by atoms with Crippen molar-refractivity contribution in [3.05, 3.63) is 0 Å². The van der Waals surface area contributed by atoms with Crippen LogP contribution in [0.5, 0.6) is 0 Å². The molecule has 0 atom stereocenters. The van der Waals surface area contributed by atoms with Crippen molar-refractivity contribution in [2.45, 2.75) is 32.6 Å². The highest BCUT2D eigenvalue weighted by Gasteiger charge is 2.39. The lowest BCUT2D eigenvalue weighted by Crippen LogP contribution is -2.50. The summed E-state index contributed by atoms with van der Waals surface area (Å²) < 4.78 is 5.38. The van der Waals surface area contributed by atoms with E-state index in [1.807, 2.05) is 6.92 Å². The monoisotopic (exact) mass is 317 g/mol. The number of piperidine rings is 1. The average Bonchev–Trinajstić information content (AvgIpc) is 2.35. The number of amides is 2. The van der Waals surface area contributed by atoms with Crippen LogP contribution in [0, 0.1) is 11.3 Å². The van der Waals surface area contributed by atoms with E-state index in [9.17, 15) is 9.59 Å². The Morgan fingerprint density at radius 2 is 1.83 bits per heavy atom. The molecule has 4 nitrogen and oxygen atoms in total. The second-order valence-corrected chi connectivity index (χ2v) is 6.19. The molecule has 0 aromatic heterocycles. The van der Waals surface area contributed by atoms with Crippen molar-refractivity contribution in [3.8, 4) is 0 Å². The van der Waals surface area contributed by atoms with E-state index in [-0.39, 0.29) is 23.1 Å². The number of rotatable bonds is 3. The molecule has 0 N–H and O–H groups in total. The maximum absolute atomic E-state index is 12.0. The molecule has 2 heterocycles. The van der Waals surface area contributed by atoms with Crippen molar-refractivity contribution < 1.29 is 14.3 Å². The third-order valence-corrected chi connectivity index (χ3v) is 5.17. The summed E-state index contributed by atoms with van der Waals surface area (Å²) in [5, 5.41) is 0.815. The lowest BCUT2D eigenvalue weighted by Gasteiger charge is -2.40. The summed E-state index contributed by atoms with van der Waals surface area (Å²) in [4.78, 5) is 25.5. The Bertz CT molecular complexity index is 321. The lowest BCUT2D eigenvalue weighted by molar-refractivity contribution is -0.152. The molecule has 0 aromatic carbocycles. The van der Waals surface area contributed by atoms with E-state index >= 15 is 0 Å². The van der Waals surface area contributed by atoms with Gasteiger partial charge in [0.2, 0.25) is 11.8 Å². The number of nitrogens with zero attached hydrogens (tertiary/aromatic N) is 1. The summed E-state index contributed by atoms with van der Waals surface area (Å²) in [7, 11) is 0. The van der Waals surface area contributed by atoms with Gasteiger partial charge in [-0.1, -0.05) is 22.9 Å². The van der Waals surface area contributed by atoms with Gasteiger partial charge < -0.3 is 4.74 Å². The Morgan fingerprint density at radius 1 is 1.28 bits per heavy atom. The second-order valence-electron chi connectivity index (χ2n) is 5.63. The number of hydrogen-bond acceptors (Lipinski definition) is 3. The molecule has 0 aliphatic carbocycles. The summed E-state index contributed by atoms with van der Waals surface area (Å²) in [6.45, 7) is 3.95. The SMILES string of the molecule is CC1CC(=O)N(CC2(CBr)CCOCC2)C(=O)C1. The van der Waals surface area contributed by atoms with Crippen LogP contribution >= 0.6 is 15.9 Å². The second kappa shape index (κ2) is 5.70. The van der Waals surface area contributed by atoms with Gasteiger partial charge in [0.25, 0.3) is 0 Å². The molecule has 2 fully saturated rings. The van der Waals surface area contributed by atoms with Crippen LogP contribution in [-0.4, -0.2) is 41.8 Å². The Balaban J connectivity index is 2.06. The van der Waals surface area contributed by atoms with Gasteiger partial charge in [0.1, 0.15) is 0 Å². The minimum absolute atomic E-state index is 0.00412. The van der Waals surface area contributed by atoms with E-state index < -0.39 is 0 Å². The van der Waals surface area contributed by atoms with Crippen LogP contribution in [0.3, 0.4) is 0 Å². The molecule has 2 rings (SSSR count). The molecule has 0 saturated carbocycles. The molecule has 2 aliphatic heterocycles. The van der Waals surface area contributed by atoms with Gasteiger partial charge in [0.05, 0.1) is 0 Å². The van der Waals surface area contributed by atoms with Crippen LogP contribution in [0.4, 0.5) is 0 Å². The van der Waals surface area contributed by atoms with E-state index in [0.717, 1.165) is 31.4 Å². The standard InChI is InChI=1S/C13H20BrNO3/c1-10-6-11(16)15(12(17)7-10)9-13(8-14)2-4-18-5-3-13/h10H,2-9H2,1H3. The number of imide groups is 1. The summed E-state index contributed by atoms with van der Waals surface area (Å²) >= 11 is 3.54. The van der Waals surface area contributed by atoms with Crippen LogP contribution in [0.2, 0.25) is 0 Å². The van der Waals surface area contributed by atoms with Crippen molar-refractivity contribution in [1.29, 1.82) is 0 Å². The van der Waals surface area contributed by atoms with Crippen molar-refractivity contribution in [2.24, 2.45) is 11.3 Å².